The first-order valence-corrected chi connectivity index (χ1v) is 20.3. The lowest BCUT2D eigenvalue weighted by atomic mass is 9.97. The van der Waals surface area contributed by atoms with E-state index < -0.39 is 0 Å². The van der Waals surface area contributed by atoms with Gasteiger partial charge in [0.2, 0.25) is 0 Å². The van der Waals surface area contributed by atoms with Gasteiger partial charge in [0.1, 0.15) is 11.2 Å². The molecule has 0 saturated carbocycles. The second kappa shape index (κ2) is 14.1. The van der Waals surface area contributed by atoms with E-state index in [9.17, 15) is 0 Å². The van der Waals surface area contributed by atoms with Gasteiger partial charge in [-0.05, 0) is 120 Å². The largest absolute Gasteiger partial charge is 0.455 e. The van der Waals surface area contributed by atoms with E-state index in [1.54, 1.807) is 0 Å². The lowest BCUT2D eigenvalue weighted by Gasteiger charge is -2.29. The Bertz CT molecular complexity index is 3280. The number of furan rings is 1. The number of para-hydroxylation sites is 3. The molecule has 3 heteroatoms. The van der Waals surface area contributed by atoms with Crippen molar-refractivity contribution in [3.8, 4) is 39.1 Å². The van der Waals surface area contributed by atoms with E-state index in [4.69, 9.17) is 4.42 Å². The fourth-order valence-corrected chi connectivity index (χ4v) is 9.07. The van der Waals surface area contributed by atoms with Gasteiger partial charge in [0.05, 0.1) is 22.1 Å². The number of fused-ring (bicyclic) bond motifs is 6. The van der Waals surface area contributed by atoms with E-state index in [1.807, 2.05) is 0 Å². The maximum Gasteiger partial charge on any atom is 0.145 e. The second-order valence-corrected chi connectivity index (χ2v) is 15.4. The highest BCUT2D eigenvalue weighted by Crippen LogP contribution is 2.48. The Morgan fingerprint density at radius 2 is 0.966 bits per heavy atom. The van der Waals surface area contributed by atoms with Gasteiger partial charge in [0.15, 0.2) is 0 Å². The molecule has 0 unspecified atom stereocenters. The summed E-state index contributed by atoms with van der Waals surface area (Å²) < 4.78 is 9.26. The molecule has 0 fully saturated rings. The monoisotopic (exact) mass is 756 g/mol. The summed E-state index contributed by atoms with van der Waals surface area (Å²) in [6.45, 7) is 4.43. The number of aromatic nitrogens is 1. The van der Waals surface area contributed by atoms with Crippen molar-refractivity contribution in [2.75, 3.05) is 4.90 Å². The van der Waals surface area contributed by atoms with Gasteiger partial charge in [-0.2, -0.15) is 0 Å². The van der Waals surface area contributed by atoms with E-state index in [-0.39, 0.29) is 0 Å². The lowest BCUT2D eigenvalue weighted by molar-refractivity contribution is 0.670. The molecule has 59 heavy (non-hydrogen) atoms. The number of hydrogen-bond acceptors (Lipinski definition) is 2. The number of benzene rings is 9. The average molecular weight is 757 g/mol. The third kappa shape index (κ3) is 5.82. The van der Waals surface area contributed by atoms with E-state index in [1.165, 1.54) is 55.2 Å². The zero-order valence-electron chi connectivity index (χ0n) is 32.9. The molecule has 2 heterocycles. The van der Waals surface area contributed by atoms with Crippen LogP contribution in [-0.2, 0) is 0 Å². The standard InChI is InChI=1S/C56H40N2O/c1-37-36-44(30-31-45(37)40-17-7-4-8-18-40)58(50-33-27-42(35-38(50)2)39-15-5-3-6-16-39)53-34-32-46(56-55(53)49-21-11-14-24-54(49)59-56)41-25-28-43(29-26-41)57-51-22-12-9-19-47(51)48-20-10-13-23-52(48)57/h3-36H,1-2H3. The first-order chi connectivity index (χ1) is 29.1. The Labute approximate surface area is 343 Å². The molecule has 0 amide bonds. The van der Waals surface area contributed by atoms with Crippen molar-refractivity contribution in [3.63, 3.8) is 0 Å². The molecule has 0 aliphatic carbocycles. The van der Waals surface area contributed by atoms with Crippen molar-refractivity contribution in [3.05, 3.63) is 217 Å². The maximum absolute atomic E-state index is 6.89. The van der Waals surface area contributed by atoms with Gasteiger partial charge < -0.3 is 13.9 Å². The van der Waals surface area contributed by atoms with Crippen LogP contribution in [0.25, 0.3) is 82.8 Å². The molecule has 11 rings (SSSR count). The number of anilines is 3. The van der Waals surface area contributed by atoms with Crippen LogP contribution in [0.5, 0.6) is 0 Å². The Hall–Kier alpha value is -7.62. The van der Waals surface area contributed by atoms with E-state index in [2.05, 4.69) is 230 Å². The summed E-state index contributed by atoms with van der Waals surface area (Å²) in [4.78, 5) is 2.42. The fraction of sp³-hybridized carbons (Fsp3) is 0.0357. The van der Waals surface area contributed by atoms with E-state index in [0.29, 0.717) is 0 Å². The molecule has 2 aromatic heterocycles. The van der Waals surface area contributed by atoms with Crippen LogP contribution in [0.4, 0.5) is 17.1 Å². The summed E-state index contributed by atoms with van der Waals surface area (Å²) in [7, 11) is 0. The maximum atomic E-state index is 6.89. The fourth-order valence-electron chi connectivity index (χ4n) is 9.07. The second-order valence-electron chi connectivity index (χ2n) is 15.4. The van der Waals surface area contributed by atoms with Crippen LogP contribution in [-0.4, -0.2) is 4.57 Å². The van der Waals surface area contributed by atoms with Crippen LogP contribution in [0.3, 0.4) is 0 Å². The summed E-state index contributed by atoms with van der Waals surface area (Å²) in [6, 6.07) is 74.1. The predicted octanol–water partition coefficient (Wildman–Crippen LogP) is 15.8. The zero-order valence-corrected chi connectivity index (χ0v) is 32.9. The number of nitrogens with zero attached hydrogens (tertiary/aromatic N) is 2. The Kier molecular flexibility index (Phi) is 8.27. The molecule has 0 aliphatic rings. The highest BCUT2D eigenvalue weighted by molar-refractivity contribution is 6.17. The highest BCUT2D eigenvalue weighted by Gasteiger charge is 2.24. The summed E-state index contributed by atoms with van der Waals surface area (Å²) in [6.07, 6.45) is 0. The molecular weight excluding hydrogens is 717 g/mol. The van der Waals surface area contributed by atoms with Gasteiger partial charge >= 0.3 is 0 Å². The van der Waals surface area contributed by atoms with Gasteiger partial charge in [-0.25, -0.2) is 0 Å². The number of rotatable bonds is 7. The predicted molar refractivity (Wildman–Crippen MR) is 249 cm³/mol. The zero-order chi connectivity index (χ0) is 39.5. The van der Waals surface area contributed by atoms with Gasteiger partial charge in [0, 0.05) is 38.8 Å². The van der Waals surface area contributed by atoms with Crippen LogP contribution < -0.4 is 4.90 Å². The van der Waals surface area contributed by atoms with Crippen molar-refractivity contribution in [2.24, 2.45) is 0 Å². The minimum Gasteiger partial charge on any atom is -0.455 e. The molecule has 0 aliphatic heterocycles. The van der Waals surface area contributed by atoms with Crippen LogP contribution in [0.2, 0.25) is 0 Å². The molecule has 9 aromatic carbocycles. The lowest BCUT2D eigenvalue weighted by Crippen LogP contribution is -2.12. The molecule has 0 atom stereocenters. The third-order valence-corrected chi connectivity index (χ3v) is 11.9. The first-order valence-electron chi connectivity index (χ1n) is 20.3. The van der Waals surface area contributed by atoms with Crippen molar-refractivity contribution in [1.82, 2.24) is 4.57 Å². The molecule has 3 nitrogen and oxygen atoms in total. The van der Waals surface area contributed by atoms with Gasteiger partial charge in [-0.1, -0.05) is 140 Å². The van der Waals surface area contributed by atoms with Crippen LogP contribution >= 0.6 is 0 Å². The van der Waals surface area contributed by atoms with Crippen molar-refractivity contribution < 1.29 is 4.42 Å². The minimum atomic E-state index is 0.866. The van der Waals surface area contributed by atoms with Gasteiger partial charge in [-0.15, -0.1) is 0 Å². The van der Waals surface area contributed by atoms with Crippen LogP contribution in [0.1, 0.15) is 11.1 Å². The molecule has 280 valence electrons. The SMILES string of the molecule is Cc1cc(N(c2ccc(-c3ccccc3)cc2C)c2ccc(-c3ccc(-n4c5ccccc5c5ccccc54)cc3)c3oc4ccccc4c23)ccc1-c1ccccc1. The van der Waals surface area contributed by atoms with Crippen LogP contribution in [0, 0.1) is 13.8 Å². The van der Waals surface area contributed by atoms with Crippen molar-refractivity contribution in [2.45, 2.75) is 13.8 Å². The van der Waals surface area contributed by atoms with Crippen molar-refractivity contribution in [1.29, 1.82) is 0 Å². The first kappa shape index (κ1) is 34.6. The highest BCUT2D eigenvalue weighted by atomic mass is 16.3. The van der Waals surface area contributed by atoms with Crippen molar-refractivity contribution >= 4 is 60.8 Å². The number of aryl methyl sites for hydroxylation is 2. The third-order valence-electron chi connectivity index (χ3n) is 11.9. The molecule has 0 spiro atoms. The van der Waals surface area contributed by atoms with Gasteiger partial charge in [0.25, 0.3) is 0 Å². The summed E-state index contributed by atoms with van der Waals surface area (Å²) >= 11 is 0. The molecule has 11 aromatic rings. The Morgan fingerprint density at radius 3 is 1.64 bits per heavy atom. The quantitative estimate of drug-likeness (QED) is 0.161. The molecule has 0 radical (unpaired) electrons. The summed E-state index contributed by atoms with van der Waals surface area (Å²) in [5.41, 5.74) is 17.9. The van der Waals surface area contributed by atoms with E-state index >= 15 is 0 Å². The van der Waals surface area contributed by atoms with Gasteiger partial charge in [-0.3, -0.25) is 0 Å². The molecule has 0 saturated heterocycles. The Balaban J connectivity index is 1.09. The number of hydrogen-bond donors (Lipinski definition) is 0. The van der Waals surface area contributed by atoms with Crippen LogP contribution in [0.15, 0.2) is 211 Å². The Morgan fingerprint density at radius 1 is 0.407 bits per heavy atom. The molecular formula is C56H40N2O. The normalized spacial score (nSPS) is 11.6. The summed E-state index contributed by atoms with van der Waals surface area (Å²) in [5.74, 6) is 0. The summed E-state index contributed by atoms with van der Waals surface area (Å²) in [5, 5.41) is 4.68. The topological polar surface area (TPSA) is 21.3 Å². The minimum absolute atomic E-state index is 0.866. The molecule has 0 bridgehead atoms. The average Bonchev–Trinajstić information content (AvgIpc) is 3.85. The molecule has 0 N–H and O–H groups in total. The van der Waals surface area contributed by atoms with E-state index in [0.717, 1.165) is 55.8 Å². The smallest absolute Gasteiger partial charge is 0.145 e.